The van der Waals surface area contributed by atoms with E-state index in [0.717, 1.165) is 11.1 Å². The fourth-order valence-corrected chi connectivity index (χ4v) is 1.85. The van der Waals surface area contributed by atoms with E-state index in [2.05, 4.69) is 10.2 Å². The average Bonchev–Trinajstić information content (AvgIpc) is 3.04. The van der Waals surface area contributed by atoms with Crippen LogP contribution in [0.5, 0.6) is 5.75 Å². The number of hydrogen-bond acceptors (Lipinski definition) is 5. The molecule has 0 amide bonds. The fourth-order valence-electron chi connectivity index (χ4n) is 1.85. The van der Waals surface area contributed by atoms with Gasteiger partial charge in [0.15, 0.2) is 6.61 Å². The van der Waals surface area contributed by atoms with Crippen molar-refractivity contribution in [3.05, 3.63) is 54.6 Å². The van der Waals surface area contributed by atoms with Gasteiger partial charge in [0.25, 0.3) is 0 Å². The fraction of sp³-hybridized carbons (Fsp3) is 0.0625. The van der Waals surface area contributed by atoms with Gasteiger partial charge in [-0.2, -0.15) is 5.26 Å². The zero-order valence-electron chi connectivity index (χ0n) is 11.1. The molecule has 3 aromatic rings. The maximum absolute atomic E-state index is 8.46. The van der Waals surface area contributed by atoms with Crippen LogP contribution < -0.4 is 4.74 Å². The first-order valence-corrected chi connectivity index (χ1v) is 6.36. The number of benzene rings is 2. The van der Waals surface area contributed by atoms with Gasteiger partial charge in [-0.15, -0.1) is 10.2 Å². The summed E-state index contributed by atoms with van der Waals surface area (Å²) >= 11 is 0. The van der Waals surface area contributed by atoms with E-state index in [0.29, 0.717) is 17.5 Å². The van der Waals surface area contributed by atoms with E-state index in [-0.39, 0.29) is 6.61 Å². The Balaban J connectivity index is 1.82. The van der Waals surface area contributed by atoms with Crippen molar-refractivity contribution in [1.82, 2.24) is 10.2 Å². The van der Waals surface area contributed by atoms with E-state index in [1.165, 1.54) is 0 Å². The molecule has 0 aliphatic rings. The van der Waals surface area contributed by atoms with Gasteiger partial charge in [-0.3, -0.25) is 0 Å². The van der Waals surface area contributed by atoms with E-state index in [4.69, 9.17) is 14.4 Å². The molecule has 3 rings (SSSR count). The third kappa shape index (κ3) is 2.90. The second-order valence-corrected chi connectivity index (χ2v) is 4.25. The molecule has 2 aromatic carbocycles. The van der Waals surface area contributed by atoms with Crippen LogP contribution in [0.25, 0.3) is 22.9 Å². The maximum atomic E-state index is 8.46. The largest absolute Gasteiger partial charge is 0.479 e. The monoisotopic (exact) mass is 277 g/mol. The van der Waals surface area contributed by atoms with E-state index in [9.17, 15) is 0 Å². The third-order valence-electron chi connectivity index (χ3n) is 2.85. The molecule has 0 atom stereocenters. The molecule has 0 unspecified atom stereocenters. The molecular weight excluding hydrogens is 266 g/mol. The Morgan fingerprint density at radius 1 is 0.905 bits per heavy atom. The molecule has 0 radical (unpaired) electrons. The van der Waals surface area contributed by atoms with Crippen molar-refractivity contribution in [1.29, 1.82) is 5.26 Å². The van der Waals surface area contributed by atoms with Crippen molar-refractivity contribution < 1.29 is 9.15 Å². The van der Waals surface area contributed by atoms with E-state index >= 15 is 0 Å². The lowest BCUT2D eigenvalue weighted by Gasteiger charge is -2.01. The number of ether oxygens (including phenoxy) is 1. The molecule has 1 heterocycles. The van der Waals surface area contributed by atoms with Crippen molar-refractivity contribution >= 4 is 0 Å². The molecule has 0 saturated carbocycles. The Kier molecular flexibility index (Phi) is 3.61. The summed E-state index contributed by atoms with van der Waals surface area (Å²) in [7, 11) is 0. The summed E-state index contributed by atoms with van der Waals surface area (Å²) in [5, 5.41) is 16.6. The Morgan fingerprint density at radius 2 is 1.52 bits per heavy atom. The lowest BCUT2D eigenvalue weighted by atomic mass is 10.2. The molecule has 0 aliphatic heterocycles. The summed E-state index contributed by atoms with van der Waals surface area (Å²) in [6.07, 6.45) is 0. The lowest BCUT2D eigenvalue weighted by molar-refractivity contribution is 0.368. The molecule has 0 saturated heterocycles. The predicted octanol–water partition coefficient (Wildman–Crippen LogP) is 3.31. The van der Waals surface area contributed by atoms with Crippen LogP contribution in [-0.2, 0) is 0 Å². The first kappa shape index (κ1) is 12.9. The molecule has 0 aliphatic carbocycles. The van der Waals surface area contributed by atoms with E-state index < -0.39 is 0 Å². The highest BCUT2D eigenvalue weighted by atomic mass is 16.5. The van der Waals surface area contributed by atoms with Crippen LogP contribution in [0, 0.1) is 11.3 Å². The van der Waals surface area contributed by atoms with Crippen molar-refractivity contribution in [3.8, 4) is 34.7 Å². The van der Waals surface area contributed by atoms with Gasteiger partial charge in [0.2, 0.25) is 11.8 Å². The number of nitrogens with zero attached hydrogens (tertiary/aromatic N) is 3. The number of nitriles is 1. The first-order valence-electron chi connectivity index (χ1n) is 6.36. The Labute approximate surface area is 121 Å². The van der Waals surface area contributed by atoms with Crippen molar-refractivity contribution in [2.75, 3.05) is 6.61 Å². The normalized spacial score (nSPS) is 10.0. The van der Waals surface area contributed by atoms with Crippen molar-refractivity contribution in [2.45, 2.75) is 0 Å². The first-order chi connectivity index (χ1) is 10.4. The highest BCUT2D eigenvalue weighted by Crippen LogP contribution is 2.25. The number of hydrogen-bond donors (Lipinski definition) is 0. The maximum Gasteiger partial charge on any atom is 0.248 e. The molecule has 0 bridgehead atoms. The second kappa shape index (κ2) is 5.88. The van der Waals surface area contributed by atoms with Crippen LogP contribution in [0.3, 0.4) is 0 Å². The second-order valence-electron chi connectivity index (χ2n) is 4.25. The zero-order valence-corrected chi connectivity index (χ0v) is 11.1. The van der Waals surface area contributed by atoms with Gasteiger partial charge < -0.3 is 9.15 Å². The summed E-state index contributed by atoms with van der Waals surface area (Å²) in [5.41, 5.74) is 1.68. The molecule has 5 heteroatoms. The van der Waals surface area contributed by atoms with Gasteiger partial charge in [-0.05, 0) is 36.4 Å². The third-order valence-corrected chi connectivity index (χ3v) is 2.85. The van der Waals surface area contributed by atoms with Crippen LogP contribution >= 0.6 is 0 Å². The number of rotatable bonds is 4. The van der Waals surface area contributed by atoms with Gasteiger partial charge in [0, 0.05) is 11.1 Å². The van der Waals surface area contributed by atoms with Gasteiger partial charge in [-0.25, -0.2) is 0 Å². The van der Waals surface area contributed by atoms with Crippen LogP contribution in [0.1, 0.15) is 0 Å². The standard InChI is InChI=1S/C16H11N3O2/c17-10-11-20-14-8-6-13(7-9-14)16-19-18-15(21-16)12-4-2-1-3-5-12/h1-9H,11H2. The Hall–Kier alpha value is -3.13. The van der Waals surface area contributed by atoms with Crippen LogP contribution in [0.4, 0.5) is 0 Å². The molecule has 21 heavy (non-hydrogen) atoms. The predicted molar refractivity (Wildman–Crippen MR) is 76.3 cm³/mol. The molecule has 102 valence electrons. The van der Waals surface area contributed by atoms with Crippen LogP contribution in [0.15, 0.2) is 59.0 Å². The Morgan fingerprint density at radius 3 is 2.14 bits per heavy atom. The topological polar surface area (TPSA) is 71.9 Å². The smallest absolute Gasteiger partial charge is 0.248 e. The molecular formula is C16H11N3O2. The lowest BCUT2D eigenvalue weighted by Crippen LogP contribution is -1.92. The molecule has 5 nitrogen and oxygen atoms in total. The summed E-state index contributed by atoms with van der Waals surface area (Å²) in [5.74, 6) is 1.55. The quantitative estimate of drug-likeness (QED) is 0.731. The molecule has 0 fully saturated rings. The minimum absolute atomic E-state index is 0.0259. The Bertz CT molecular complexity index is 758. The van der Waals surface area contributed by atoms with Gasteiger partial charge in [0.05, 0.1) is 0 Å². The summed E-state index contributed by atoms with van der Waals surface area (Å²) in [6.45, 7) is 0.0259. The van der Waals surface area contributed by atoms with E-state index in [1.807, 2.05) is 48.5 Å². The molecule has 0 N–H and O–H groups in total. The minimum atomic E-state index is 0.0259. The summed E-state index contributed by atoms with van der Waals surface area (Å²) < 4.78 is 10.9. The summed E-state index contributed by atoms with van der Waals surface area (Å²) in [4.78, 5) is 0. The molecule has 1 aromatic heterocycles. The van der Waals surface area contributed by atoms with Crippen LogP contribution in [-0.4, -0.2) is 16.8 Å². The SMILES string of the molecule is N#CCOc1ccc(-c2nnc(-c3ccccc3)o2)cc1. The van der Waals surface area contributed by atoms with E-state index in [1.54, 1.807) is 12.1 Å². The number of aromatic nitrogens is 2. The van der Waals surface area contributed by atoms with Crippen molar-refractivity contribution in [2.24, 2.45) is 0 Å². The molecule has 0 spiro atoms. The van der Waals surface area contributed by atoms with Crippen LogP contribution in [0.2, 0.25) is 0 Å². The zero-order chi connectivity index (χ0) is 14.5. The van der Waals surface area contributed by atoms with Gasteiger partial charge >= 0.3 is 0 Å². The average molecular weight is 277 g/mol. The van der Waals surface area contributed by atoms with Gasteiger partial charge in [-0.1, -0.05) is 18.2 Å². The van der Waals surface area contributed by atoms with Gasteiger partial charge in [0.1, 0.15) is 11.8 Å². The summed E-state index contributed by atoms with van der Waals surface area (Å²) in [6, 6.07) is 18.7. The highest BCUT2D eigenvalue weighted by molar-refractivity contribution is 5.58. The minimum Gasteiger partial charge on any atom is -0.479 e. The van der Waals surface area contributed by atoms with Crippen molar-refractivity contribution in [3.63, 3.8) is 0 Å². The highest BCUT2D eigenvalue weighted by Gasteiger charge is 2.10.